The van der Waals surface area contributed by atoms with Gasteiger partial charge in [0.2, 0.25) is 0 Å². The lowest BCUT2D eigenvalue weighted by Gasteiger charge is -2.22. The number of amides is 1. The van der Waals surface area contributed by atoms with Crippen molar-refractivity contribution in [2.75, 3.05) is 18.4 Å². The second-order valence-electron chi connectivity index (χ2n) is 4.15. The minimum atomic E-state index is -2.52. The molecule has 1 rings (SSSR count). The second-order valence-corrected chi connectivity index (χ2v) is 4.94. The first-order chi connectivity index (χ1) is 8.45. The summed E-state index contributed by atoms with van der Waals surface area (Å²) in [5, 5.41) is 0.483. The summed E-state index contributed by atoms with van der Waals surface area (Å²) in [6.45, 7) is 3.49. The first-order valence-electron chi connectivity index (χ1n) is 5.66. The van der Waals surface area contributed by atoms with Crippen LogP contribution in [0, 0.1) is 13.8 Å². The number of benzene rings is 1. The lowest BCUT2D eigenvalue weighted by atomic mass is 10.0. The van der Waals surface area contributed by atoms with E-state index >= 15 is 0 Å². The van der Waals surface area contributed by atoms with E-state index in [2.05, 4.69) is 15.9 Å². The monoisotopic (exact) mass is 319 g/mol. The van der Waals surface area contributed by atoms with Crippen molar-refractivity contribution < 1.29 is 13.6 Å². The topological polar surface area (TPSA) is 20.3 Å². The third kappa shape index (κ3) is 4.05. The van der Waals surface area contributed by atoms with Crippen LogP contribution in [0.4, 0.5) is 8.78 Å². The standard InChI is InChI=1S/C13H16BrF2NO/c1-9-3-4-11(10(2)7-9)13(18)17(6-5-14)8-12(15)16/h3-4,7,12H,5-6,8H2,1-2H3. The number of alkyl halides is 3. The van der Waals surface area contributed by atoms with Gasteiger partial charge >= 0.3 is 0 Å². The molecule has 0 bridgehead atoms. The van der Waals surface area contributed by atoms with E-state index in [0.29, 0.717) is 10.9 Å². The molecule has 1 aromatic carbocycles. The van der Waals surface area contributed by atoms with Crippen molar-refractivity contribution in [3.63, 3.8) is 0 Å². The SMILES string of the molecule is Cc1ccc(C(=O)N(CCBr)CC(F)F)c(C)c1. The molecule has 0 aliphatic rings. The number of rotatable bonds is 5. The molecule has 0 saturated carbocycles. The molecule has 0 atom stereocenters. The Hall–Kier alpha value is -0.970. The van der Waals surface area contributed by atoms with Gasteiger partial charge in [0.05, 0.1) is 6.54 Å². The zero-order chi connectivity index (χ0) is 13.7. The molecule has 5 heteroatoms. The van der Waals surface area contributed by atoms with Crippen LogP contribution in [0.25, 0.3) is 0 Å². The predicted octanol–water partition coefficient (Wildman–Crippen LogP) is 3.41. The number of carbonyl (C=O) groups excluding carboxylic acids is 1. The molecule has 0 fully saturated rings. The molecule has 0 heterocycles. The van der Waals surface area contributed by atoms with Crippen LogP contribution in [-0.4, -0.2) is 35.7 Å². The fraction of sp³-hybridized carbons (Fsp3) is 0.462. The van der Waals surface area contributed by atoms with Gasteiger partial charge in [0.1, 0.15) is 0 Å². The van der Waals surface area contributed by atoms with E-state index in [0.717, 1.165) is 11.1 Å². The van der Waals surface area contributed by atoms with E-state index in [4.69, 9.17) is 0 Å². The molecule has 0 unspecified atom stereocenters. The van der Waals surface area contributed by atoms with Gasteiger partial charge in [-0.25, -0.2) is 8.78 Å². The quantitative estimate of drug-likeness (QED) is 0.762. The highest BCUT2D eigenvalue weighted by Gasteiger charge is 2.20. The zero-order valence-electron chi connectivity index (χ0n) is 10.4. The van der Waals surface area contributed by atoms with Gasteiger partial charge in [0.15, 0.2) is 0 Å². The van der Waals surface area contributed by atoms with Crippen LogP contribution in [0.15, 0.2) is 18.2 Å². The molecular weight excluding hydrogens is 304 g/mol. The number of hydrogen-bond acceptors (Lipinski definition) is 1. The van der Waals surface area contributed by atoms with Crippen molar-refractivity contribution >= 4 is 21.8 Å². The number of nitrogens with zero attached hydrogens (tertiary/aromatic N) is 1. The second kappa shape index (κ2) is 6.83. The number of carbonyl (C=O) groups is 1. The molecule has 0 saturated heterocycles. The molecule has 18 heavy (non-hydrogen) atoms. The first-order valence-corrected chi connectivity index (χ1v) is 6.78. The Kier molecular flexibility index (Phi) is 5.72. The average Bonchev–Trinajstić information content (AvgIpc) is 2.27. The van der Waals surface area contributed by atoms with E-state index < -0.39 is 13.0 Å². The Labute approximate surface area is 114 Å². The van der Waals surface area contributed by atoms with Gasteiger partial charge in [-0.1, -0.05) is 33.6 Å². The summed E-state index contributed by atoms with van der Waals surface area (Å²) in [6, 6.07) is 5.39. The summed E-state index contributed by atoms with van der Waals surface area (Å²) in [5.74, 6) is -0.341. The highest BCUT2D eigenvalue weighted by atomic mass is 79.9. The number of hydrogen-bond donors (Lipinski definition) is 0. The van der Waals surface area contributed by atoms with Gasteiger partial charge in [0, 0.05) is 17.4 Å². The fourth-order valence-electron chi connectivity index (χ4n) is 1.77. The molecule has 1 aromatic rings. The van der Waals surface area contributed by atoms with Crippen LogP contribution in [-0.2, 0) is 0 Å². The average molecular weight is 320 g/mol. The van der Waals surface area contributed by atoms with E-state index in [1.807, 2.05) is 26.0 Å². The molecule has 0 N–H and O–H groups in total. The van der Waals surface area contributed by atoms with Gasteiger partial charge in [-0.2, -0.15) is 0 Å². The van der Waals surface area contributed by atoms with E-state index in [1.165, 1.54) is 4.90 Å². The lowest BCUT2D eigenvalue weighted by Crippen LogP contribution is -2.36. The van der Waals surface area contributed by atoms with Crippen LogP contribution in [0.5, 0.6) is 0 Å². The van der Waals surface area contributed by atoms with Crippen molar-refractivity contribution in [3.8, 4) is 0 Å². The van der Waals surface area contributed by atoms with Crippen LogP contribution < -0.4 is 0 Å². The zero-order valence-corrected chi connectivity index (χ0v) is 12.0. The lowest BCUT2D eigenvalue weighted by molar-refractivity contribution is 0.0572. The minimum Gasteiger partial charge on any atom is -0.332 e. The molecule has 0 spiro atoms. The van der Waals surface area contributed by atoms with E-state index in [-0.39, 0.29) is 12.5 Å². The third-order valence-electron chi connectivity index (χ3n) is 2.61. The Morgan fingerprint density at radius 1 is 1.39 bits per heavy atom. The fourth-order valence-corrected chi connectivity index (χ4v) is 2.20. The number of aryl methyl sites for hydroxylation is 2. The minimum absolute atomic E-state index is 0.274. The number of halogens is 3. The summed E-state index contributed by atoms with van der Waals surface area (Å²) in [4.78, 5) is 13.4. The predicted molar refractivity (Wildman–Crippen MR) is 71.6 cm³/mol. The molecule has 0 aromatic heterocycles. The van der Waals surface area contributed by atoms with Crippen LogP contribution >= 0.6 is 15.9 Å². The summed E-state index contributed by atoms with van der Waals surface area (Å²) >= 11 is 3.17. The van der Waals surface area contributed by atoms with E-state index in [1.54, 1.807) is 6.07 Å². The van der Waals surface area contributed by atoms with Gasteiger partial charge in [-0.05, 0) is 25.5 Å². The highest BCUT2D eigenvalue weighted by Crippen LogP contribution is 2.14. The molecule has 100 valence electrons. The maximum atomic E-state index is 12.4. The smallest absolute Gasteiger partial charge is 0.255 e. The molecule has 0 aliphatic heterocycles. The Morgan fingerprint density at radius 2 is 2.06 bits per heavy atom. The van der Waals surface area contributed by atoms with Gasteiger partial charge < -0.3 is 4.90 Å². The van der Waals surface area contributed by atoms with Gasteiger partial charge in [0.25, 0.3) is 12.3 Å². The van der Waals surface area contributed by atoms with Crippen LogP contribution in [0.3, 0.4) is 0 Å². The van der Waals surface area contributed by atoms with E-state index in [9.17, 15) is 13.6 Å². The highest BCUT2D eigenvalue weighted by molar-refractivity contribution is 9.09. The Balaban J connectivity index is 2.94. The molecular formula is C13H16BrF2NO. The molecule has 0 radical (unpaired) electrons. The third-order valence-corrected chi connectivity index (χ3v) is 2.97. The van der Waals surface area contributed by atoms with Crippen LogP contribution in [0.1, 0.15) is 21.5 Å². The van der Waals surface area contributed by atoms with Crippen molar-refractivity contribution in [1.82, 2.24) is 4.90 Å². The van der Waals surface area contributed by atoms with Crippen molar-refractivity contribution in [1.29, 1.82) is 0 Å². The van der Waals surface area contributed by atoms with Crippen molar-refractivity contribution in [3.05, 3.63) is 34.9 Å². The van der Waals surface area contributed by atoms with Crippen molar-refractivity contribution in [2.45, 2.75) is 20.3 Å². The maximum Gasteiger partial charge on any atom is 0.255 e. The summed E-state index contributed by atoms with van der Waals surface area (Å²) in [7, 11) is 0. The normalized spacial score (nSPS) is 10.8. The van der Waals surface area contributed by atoms with Gasteiger partial charge in [-0.3, -0.25) is 4.79 Å². The Bertz CT molecular complexity index is 423. The first kappa shape index (κ1) is 15.1. The van der Waals surface area contributed by atoms with Gasteiger partial charge in [-0.15, -0.1) is 0 Å². The Morgan fingerprint density at radius 3 is 2.56 bits per heavy atom. The summed E-state index contributed by atoms with van der Waals surface area (Å²) in [5.41, 5.74) is 2.35. The maximum absolute atomic E-state index is 12.4. The van der Waals surface area contributed by atoms with Crippen LogP contribution in [0.2, 0.25) is 0 Å². The summed E-state index contributed by atoms with van der Waals surface area (Å²) in [6.07, 6.45) is -2.52. The molecule has 2 nitrogen and oxygen atoms in total. The van der Waals surface area contributed by atoms with Crippen molar-refractivity contribution in [2.24, 2.45) is 0 Å². The molecule has 1 amide bonds. The summed E-state index contributed by atoms with van der Waals surface area (Å²) < 4.78 is 24.9. The largest absolute Gasteiger partial charge is 0.332 e. The molecule has 0 aliphatic carbocycles.